The SMILES string of the molecule is CCC(CC#N)NCC1(C)CCOCC1. The van der Waals surface area contributed by atoms with Crippen molar-refractivity contribution in [2.24, 2.45) is 5.41 Å². The second-order valence-electron chi connectivity index (χ2n) is 4.77. The van der Waals surface area contributed by atoms with E-state index < -0.39 is 0 Å². The van der Waals surface area contributed by atoms with Crippen LogP contribution in [0.15, 0.2) is 0 Å². The highest BCUT2D eigenvalue weighted by Gasteiger charge is 2.27. The predicted molar refractivity (Wildman–Crippen MR) is 60.5 cm³/mol. The molecular formula is C12H22N2O. The molecule has 0 aliphatic carbocycles. The van der Waals surface area contributed by atoms with Crippen LogP contribution in [0.4, 0.5) is 0 Å². The summed E-state index contributed by atoms with van der Waals surface area (Å²) in [6.45, 7) is 7.21. The number of hydrogen-bond acceptors (Lipinski definition) is 3. The molecule has 0 aromatic heterocycles. The van der Waals surface area contributed by atoms with Gasteiger partial charge in [-0.1, -0.05) is 13.8 Å². The van der Waals surface area contributed by atoms with Gasteiger partial charge in [-0.2, -0.15) is 5.26 Å². The van der Waals surface area contributed by atoms with Crippen LogP contribution in [-0.2, 0) is 4.74 Å². The highest BCUT2D eigenvalue weighted by Crippen LogP contribution is 2.28. The maximum absolute atomic E-state index is 8.66. The van der Waals surface area contributed by atoms with E-state index in [2.05, 4.69) is 25.2 Å². The molecule has 0 amide bonds. The Morgan fingerprint density at radius 3 is 2.67 bits per heavy atom. The van der Waals surface area contributed by atoms with E-state index in [1.165, 1.54) is 0 Å². The van der Waals surface area contributed by atoms with E-state index >= 15 is 0 Å². The molecule has 1 aliphatic heterocycles. The highest BCUT2D eigenvalue weighted by molar-refractivity contribution is 4.84. The number of rotatable bonds is 5. The lowest BCUT2D eigenvalue weighted by atomic mass is 9.82. The van der Waals surface area contributed by atoms with Crippen LogP contribution in [0.3, 0.4) is 0 Å². The van der Waals surface area contributed by atoms with Crippen molar-refractivity contribution in [2.45, 2.75) is 45.6 Å². The minimum absolute atomic E-state index is 0.356. The van der Waals surface area contributed by atoms with Gasteiger partial charge in [0.2, 0.25) is 0 Å². The van der Waals surface area contributed by atoms with Gasteiger partial charge in [-0.05, 0) is 24.7 Å². The number of nitriles is 1. The summed E-state index contributed by atoms with van der Waals surface area (Å²) in [5.41, 5.74) is 0.362. The lowest BCUT2D eigenvalue weighted by Crippen LogP contribution is -2.41. The summed E-state index contributed by atoms with van der Waals surface area (Å²) in [5, 5.41) is 12.2. The number of hydrogen-bond donors (Lipinski definition) is 1. The molecule has 1 atom stereocenters. The molecule has 0 radical (unpaired) electrons. The third-order valence-electron chi connectivity index (χ3n) is 3.35. The van der Waals surface area contributed by atoms with Gasteiger partial charge in [0, 0.05) is 25.8 Å². The fourth-order valence-corrected chi connectivity index (χ4v) is 1.90. The summed E-state index contributed by atoms with van der Waals surface area (Å²) in [6, 6.07) is 2.59. The largest absolute Gasteiger partial charge is 0.381 e. The molecule has 15 heavy (non-hydrogen) atoms. The standard InChI is InChI=1S/C12H22N2O/c1-3-11(4-7-13)14-10-12(2)5-8-15-9-6-12/h11,14H,3-6,8-10H2,1-2H3. The van der Waals surface area contributed by atoms with Crippen LogP contribution in [0.5, 0.6) is 0 Å². The van der Waals surface area contributed by atoms with Crippen LogP contribution in [-0.4, -0.2) is 25.8 Å². The molecule has 0 spiro atoms. The first-order valence-corrected chi connectivity index (χ1v) is 5.88. The number of ether oxygens (including phenoxy) is 1. The second-order valence-corrected chi connectivity index (χ2v) is 4.77. The van der Waals surface area contributed by atoms with Crippen molar-refractivity contribution in [1.82, 2.24) is 5.32 Å². The topological polar surface area (TPSA) is 45.0 Å². The van der Waals surface area contributed by atoms with Crippen LogP contribution >= 0.6 is 0 Å². The Morgan fingerprint density at radius 1 is 1.47 bits per heavy atom. The maximum Gasteiger partial charge on any atom is 0.0638 e. The first-order valence-electron chi connectivity index (χ1n) is 5.88. The van der Waals surface area contributed by atoms with E-state index in [1.807, 2.05) is 0 Å². The summed E-state index contributed by atoms with van der Waals surface area (Å²) in [4.78, 5) is 0. The quantitative estimate of drug-likeness (QED) is 0.755. The van der Waals surface area contributed by atoms with Crippen LogP contribution in [0.1, 0.15) is 39.5 Å². The number of nitrogens with one attached hydrogen (secondary N) is 1. The van der Waals surface area contributed by atoms with Crippen LogP contribution in [0.2, 0.25) is 0 Å². The fourth-order valence-electron chi connectivity index (χ4n) is 1.90. The normalized spacial score (nSPS) is 21.9. The van der Waals surface area contributed by atoms with Gasteiger partial charge in [0.15, 0.2) is 0 Å². The minimum atomic E-state index is 0.356. The molecule has 1 fully saturated rings. The van der Waals surface area contributed by atoms with E-state index in [9.17, 15) is 0 Å². The summed E-state index contributed by atoms with van der Waals surface area (Å²) in [6.07, 6.45) is 3.90. The monoisotopic (exact) mass is 210 g/mol. The van der Waals surface area contributed by atoms with E-state index in [0.717, 1.165) is 39.0 Å². The molecule has 0 aromatic carbocycles. The molecule has 3 nitrogen and oxygen atoms in total. The Hall–Kier alpha value is -0.590. The molecule has 0 aromatic rings. The molecule has 1 N–H and O–H groups in total. The smallest absolute Gasteiger partial charge is 0.0638 e. The van der Waals surface area contributed by atoms with Gasteiger partial charge >= 0.3 is 0 Å². The van der Waals surface area contributed by atoms with Crippen molar-refractivity contribution in [3.63, 3.8) is 0 Å². The Labute approximate surface area is 92.8 Å². The molecule has 1 aliphatic rings. The highest BCUT2D eigenvalue weighted by atomic mass is 16.5. The van der Waals surface area contributed by atoms with Crippen molar-refractivity contribution < 1.29 is 4.74 Å². The van der Waals surface area contributed by atoms with Crippen molar-refractivity contribution in [3.8, 4) is 6.07 Å². The molecule has 1 rings (SSSR count). The molecule has 1 heterocycles. The summed E-state index contributed by atoms with van der Waals surface area (Å²) in [5.74, 6) is 0. The lowest BCUT2D eigenvalue weighted by Gasteiger charge is -2.34. The molecule has 1 saturated heterocycles. The summed E-state index contributed by atoms with van der Waals surface area (Å²) >= 11 is 0. The van der Waals surface area contributed by atoms with Crippen molar-refractivity contribution in [1.29, 1.82) is 5.26 Å². The average Bonchev–Trinajstić information content (AvgIpc) is 2.25. The molecule has 3 heteroatoms. The molecule has 1 unspecified atom stereocenters. The molecular weight excluding hydrogens is 188 g/mol. The third kappa shape index (κ3) is 4.19. The van der Waals surface area contributed by atoms with Gasteiger partial charge in [0.1, 0.15) is 0 Å². The van der Waals surface area contributed by atoms with Gasteiger partial charge in [0.05, 0.1) is 12.5 Å². The van der Waals surface area contributed by atoms with E-state index in [0.29, 0.717) is 17.9 Å². The molecule has 0 bridgehead atoms. The number of nitrogens with zero attached hydrogens (tertiary/aromatic N) is 1. The van der Waals surface area contributed by atoms with Gasteiger partial charge in [-0.25, -0.2) is 0 Å². The van der Waals surface area contributed by atoms with Crippen molar-refractivity contribution in [2.75, 3.05) is 19.8 Å². The average molecular weight is 210 g/mol. The van der Waals surface area contributed by atoms with Gasteiger partial charge in [0.25, 0.3) is 0 Å². The Bertz CT molecular complexity index is 216. The lowest BCUT2D eigenvalue weighted by molar-refractivity contribution is 0.0229. The predicted octanol–water partition coefficient (Wildman–Crippen LogP) is 2.08. The van der Waals surface area contributed by atoms with Gasteiger partial charge in [-0.15, -0.1) is 0 Å². The van der Waals surface area contributed by atoms with E-state index in [4.69, 9.17) is 10.00 Å². The zero-order valence-electron chi connectivity index (χ0n) is 9.88. The zero-order valence-corrected chi connectivity index (χ0v) is 9.88. The van der Waals surface area contributed by atoms with Crippen LogP contribution < -0.4 is 5.32 Å². The van der Waals surface area contributed by atoms with Crippen LogP contribution in [0, 0.1) is 16.7 Å². The second kappa shape index (κ2) is 6.09. The molecule has 0 saturated carbocycles. The minimum Gasteiger partial charge on any atom is -0.381 e. The summed E-state index contributed by atoms with van der Waals surface area (Å²) in [7, 11) is 0. The molecule has 86 valence electrons. The Balaban J connectivity index is 2.30. The zero-order chi connectivity index (χ0) is 11.1. The van der Waals surface area contributed by atoms with Crippen LogP contribution in [0.25, 0.3) is 0 Å². The fraction of sp³-hybridized carbons (Fsp3) is 0.917. The summed E-state index contributed by atoms with van der Waals surface area (Å²) < 4.78 is 5.37. The van der Waals surface area contributed by atoms with Crippen molar-refractivity contribution in [3.05, 3.63) is 0 Å². The van der Waals surface area contributed by atoms with Gasteiger partial charge in [-0.3, -0.25) is 0 Å². The van der Waals surface area contributed by atoms with Gasteiger partial charge < -0.3 is 10.1 Å². The first-order chi connectivity index (χ1) is 7.20. The Kier molecular flexibility index (Phi) is 5.07. The van der Waals surface area contributed by atoms with E-state index in [1.54, 1.807) is 0 Å². The Morgan fingerprint density at radius 2 is 2.13 bits per heavy atom. The maximum atomic E-state index is 8.66. The third-order valence-corrected chi connectivity index (χ3v) is 3.35. The van der Waals surface area contributed by atoms with Crippen molar-refractivity contribution >= 4 is 0 Å². The first kappa shape index (κ1) is 12.5. The van der Waals surface area contributed by atoms with E-state index in [-0.39, 0.29) is 0 Å².